The number of sulfonamides is 1. The predicted molar refractivity (Wildman–Crippen MR) is 403 cm³/mol. The highest BCUT2D eigenvalue weighted by Crippen LogP contribution is 2.42. The van der Waals surface area contributed by atoms with Crippen molar-refractivity contribution in [1.29, 1.82) is 0 Å². The third-order valence-electron chi connectivity index (χ3n) is 15.5. The van der Waals surface area contributed by atoms with Crippen molar-refractivity contribution >= 4 is 108 Å². The number of nitrogens with one attached hydrogen (secondary N) is 1. The Morgan fingerprint density at radius 3 is 1.02 bits per heavy atom. The van der Waals surface area contributed by atoms with Gasteiger partial charge in [0.25, 0.3) is 11.4 Å². The zero-order chi connectivity index (χ0) is 76.2. The summed E-state index contributed by atoms with van der Waals surface area (Å²) in [5.74, 6) is 8.54. The normalized spacial score (nSPS) is 12.0. The summed E-state index contributed by atoms with van der Waals surface area (Å²) in [5, 5.41) is 32.9. The molecule has 2 saturated carbocycles. The number of pyridine rings is 4. The topological polar surface area (TPSA) is 366 Å². The molecule has 2 aliphatic rings. The van der Waals surface area contributed by atoms with E-state index in [0.29, 0.717) is 108 Å². The van der Waals surface area contributed by atoms with E-state index in [0.717, 1.165) is 58.3 Å². The van der Waals surface area contributed by atoms with E-state index >= 15 is 0 Å². The van der Waals surface area contributed by atoms with Crippen LogP contribution in [0.4, 0.5) is 22.7 Å². The van der Waals surface area contributed by atoms with E-state index in [9.17, 15) is 37.1 Å². The van der Waals surface area contributed by atoms with Crippen LogP contribution >= 0.6 is 22.3 Å². The van der Waals surface area contributed by atoms with Crippen molar-refractivity contribution in [2.45, 2.75) is 36.2 Å². The Hall–Kier alpha value is -12.1. The highest BCUT2D eigenvalue weighted by molar-refractivity contribution is 8.14. The van der Waals surface area contributed by atoms with E-state index < -0.39 is 28.9 Å². The quantitative estimate of drug-likeness (QED) is 0.0276. The van der Waals surface area contributed by atoms with E-state index in [1.165, 1.54) is 36.4 Å². The summed E-state index contributed by atoms with van der Waals surface area (Å²) in [6.07, 6.45) is 9.59. The molecule has 4 aromatic heterocycles. The minimum Gasteiger partial charge on any atom is -0.508 e. The number of halogens is 2. The first kappa shape index (κ1) is 78.0. The Kier molecular flexibility index (Phi) is 26.4. The molecule has 0 amide bonds. The molecule has 0 aliphatic heterocycles. The summed E-state index contributed by atoms with van der Waals surface area (Å²) in [7, 11) is 11.1. The Morgan fingerprint density at radius 2 is 0.708 bits per heavy atom. The summed E-state index contributed by atoms with van der Waals surface area (Å²) in [6.45, 7) is 0. The third-order valence-corrected chi connectivity index (χ3v) is 19.7. The fraction of sp³-hybridized carbons (Fsp3) is 0.189. The van der Waals surface area contributed by atoms with Crippen LogP contribution < -0.4 is 62.6 Å². The molecule has 0 bridgehead atoms. The molecular weight excluding hydrogens is 1460 g/mol. The van der Waals surface area contributed by atoms with E-state index in [4.69, 9.17) is 85.2 Å². The number of nitro groups is 2. The van der Waals surface area contributed by atoms with Gasteiger partial charge in [-0.2, -0.15) is 0 Å². The van der Waals surface area contributed by atoms with Crippen LogP contribution in [0.1, 0.15) is 25.7 Å². The number of methoxy groups -OCH3 is 8. The lowest BCUT2D eigenvalue weighted by molar-refractivity contribution is -0.385. The number of nitrogen functional groups attached to an aromatic ring is 1. The molecule has 0 spiro atoms. The van der Waals surface area contributed by atoms with Crippen LogP contribution in [-0.4, -0.2) is 119 Å². The fourth-order valence-corrected chi connectivity index (χ4v) is 12.6. The van der Waals surface area contributed by atoms with Crippen LogP contribution in [0.2, 0.25) is 5.02 Å². The number of aromatic nitrogens is 4. The zero-order valence-electron chi connectivity index (χ0n) is 58.0. The van der Waals surface area contributed by atoms with Gasteiger partial charge in [-0.25, -0.2) is 16.8 Å². The summed E-state index contributed by atoms with van der Waals surface area (Å²) < 4.78 is 107. The Morgan fingerprint density at radius 1 is 0.415 bits per heavy atom. The Balaban J connectivity index is 0.000000154. The number of hydrogen-bond acceptors (Lipinski definition) is 25. The number of non-ortho nitro benzene ring substituents is 2. The lowest BCUT2D eigenvalue weighted by atomic mass is 10.2. The number of rotatable bonds is 20. The Bertz CT molecular complexity index is 5300. The van der Waals surface area contributed by atoms with Crippen molar-refractivity contribution in [2.75, 3.05) is 67.3 Å². The van der Waals surface area contributed by atoms with Crippen LogP contribution in [-0.2, 0) is 19.1 Å². The number of benzene rings is 8. The first-order chi connectivity index (χ1) is 50.9. The predicted octanol–water partition coefficient (Wildman–Crippen LogP) is 16.5. The highest BCUT2D eigenvalue weighted by atomic mass is 35.7. The average molecular weight is 1530 g/mol. The van der Waals surface area contributed by atoms with Crippen LogP contribution in [0, 0.1) is 20.2 Å². The zero-order valence-corrected chi connectivity index (χ0v) is 61.1. The number of hydrogen-bond donors (Lipinski definition) is 3. The van der Waals surface area contributed by atoms with E-state index in [1.807, 2.05) is 42.5 Å². The van der Waals surface area contributed by atoms with Gasteiger partial charge < -0.3 is 62.9 Å². The fourth-order valence-electron chi connectivity index (χ4n) is 9.74. The van der Waals surface area contributed by atoms with Crippen molar-refractivity contribution < 1.29 is 83.9 Å². The van der Waals surface area contributed by atoms with E-state index in [-0.39, 0.29) is 27.6 Å². The minimum atomic E-state index is -3.28. The maximum Gasteiger partial charge on any atom is 0.269 e. The van der Waals surface area contributed by atoms with E-state index in [1.54, 1.807) is 173 Å². The maximum atomic E-state index is 12.0. The number of ether oxygens (including phenoxy) is 11. The van der Waals surface area contributed by atoms with Crippen molar-refractivity contribution in [3.05, 3.63) is 220 Å². The van der Waals surface area contributed by atoms with Gasteiger partial charge in [0.05, 0.1) is 104 Å². The molecule has 4 heterocycles. The molecule has 0 saturated heterocycles. The first-order valence-corrected chi connectivity index (χ1v) is 36.0. The van der Waals surface area contributed by atoms with Gasteiger partial charge in [0.1, 0.15) is 40.2 Å². The molecule has 8 aromatic carbocycles. The molecule has 14 rings (SSSR count). The molecule has 0 atom stereocenters. The molecule has 2 aliphatic carbocycles. The molecule has 552 valence electrons. The second-order valence-corrected chi connectivity index (χ2v) is 27.8. The number of aromatic hydroxyl groups is 1. The van der Waals surface area contributed by atoms with Gasteiger partial charge >= 0.3 is 0 Å². The number of nitrogens with zero attached hydrogens (tertiary/aromatic N) is 6. The number of phenols is 1. The molecule has 32 heteroatoms. The summed E-state index contributed by atoms with van der Waals surface area (Å²) in [4.78, 5) is 37.0. The number of nitrogens with two attached hydrogens (primary N) is 1. The number of phenolic OH excluding ortho intramolecular Hbond substituents is 1. The SMILES string of the molecule is COc1cc2nccc(Cl)c2cc1OC.COc1cc2nccc(Oc3ccc(N)cc3)c2cc1OC.COc1cc2nccc(Oc3ccc(NS(=O)(=O)C4CC4)cc3)c2cc1OC.COc1cc2nccc(Oc3ccc([N+](=O)[O-])cc3)c2cc1OC.O=S(=O)(Cl)C1CC1.O=[N+]([O-])c1ccc(O)cc1. The van der Waals surface area contributed by atoms with Gasteiger partial charge in [-0.15, -0.1) is 0 Å². The lowest BCUT2D eigenvalue weighted by Crippen LogP contribution is -2.17. The second kappa shape index (κ2) is 35.9. The molecule has 0 radical (unpaired) electrons. The summed E-state index contributed by atoms with van der Waals surface area (Å²) >= 11 is 6.05. The smallest absolute Gasteiger partial charge is 0.269 e. The van der Waals surface area contributed by atoms with Crippen LogP contribution in [0.25, 0.3) is 43.6 Å². The monoisotopic (exact) mass is 1520 g/mol. The number of nitro benzene ring substituents is 2. The average Bonchev–Trinajstić information content (AvgIpc) is 1.53. The van der Waals surface area contributed by atoms with Gasteiger partial charge in [0, 0.05) is 117 Å². The van der Waals surface area contributed by atoms with Gasteiger partial charge in [-0.1, -0.05) is 11.6 Å². The molecule has 2 fully saturated rings. The van der Waals surface area contributed by atoms with Gasteiger partial charge in [-0.05, 0) is 147 Å². The lowest BCUT2D eigenvalue weighted by Gasteiger charge is -2.13. The van der Waals surface area contributed by atoms with Crippen LogP contribution in [0.5, 0.6) is 86.2 Å². The first-order valence-electron chi connectivity index (χ1n) is 31.7. The van der Waals surface area contributed by atoms with Crippen molar-refractivity contribution in [3.8, 4) is 86.2 Å². The van der Waals surface area contributed by atoms with Crippen molar-refractivity contribution in [2.24, 2.45) is 0 Å². The van der Waals surface area contributed by atoms with Crippen LogP contribution in [0.3, 0.4) is 0 Å². The Labute approximate surface area is 617 Å². The highest BCUT2D eigenvalue weighted by Gasteiger charge is 2.36. The van der Waals surface area contributed by atoms with Crippen molar-refractivity contribution in [1.82, 2.24) is 19.9 Å². The third kappa shape index (κ3) is 20.8. The standard InChI is InChI=1S/C20H20N2O5S.C17H14N2O5.C17H16N2O3.C11H10ClNO2.C6H5NO3.C3H5ClO2S/c1-25-19-11-16-17(12-20(19)26-2)21-10-9-18(16)27-14-5-3-13(4-6-14)22-28(23,24)15-7-8-15;1-22-16-9-13-14(10-17(16)23-2)18-8-7-15(13)24-12-5-3-11(4-6-12)19(20)21;1-20-16-9-13-14(10-17(16)21-2)19-8-7-15(13)22-12-5-3-11(18)4-6-12;1-14-10-5-7-8(12)3-4-13-9(7)6-11(10)15-2;8-6-3-1-5(2-4-6)7(9)10;4-7(5,6)3-1-2-3/h3-6,9-12,15,22H,7-8H2,1-2H3;3-10H,1-2H3;3-10H,18H2,1-2H3;3-6H,1-2H3;1-4,8H;3H,1-2H2. The molecular formula is C74H70Cl2N8O20S2. The summed E-state index contributed by atoms with van der Waals surface area (Å²) in [6, 6.07) is 46.4. The second-order valence-electron chi connectivity index (χ2n) is 22.6. The largest absolute Gasteiger partial charge is 0.508 e. The van der Waals surface area contributed by atoms with Gasteiger partial charge in [-0.3, -0.25) is 44.9 Å². The molecule has 0 unspecified atom stereocenters. The number of fused-ring (bicyclic) bond motifs is 4. The molecule has 4 N–H and O–H groups in total. The number of anilines is 2. The maximum absolute atomic E-state index is 12.0. The molecule has 106 heavy (non-hydrogen) atoms. The van der Waals surface area contributed by atoms with Crippen LogP contribution in [0.15, 0.2) is 195 Å². The van der Waals surface area contributed by atoms with Gasteiger partial charge in [0.2, 0.25) is 19.1 Å². The molecule has 12 aromatic rings. The van der Waals surface area contributed by atoms with Crippen molar-refractivity contribution in [3.63, 3.8) is 0 Å². The minimum absolute atomic E-state index is 0.00772. The van der Waals surface area contributed by atoms with Gasteiger partial charge in [0.15, 0.2) is 46.0 Å². The summed E-state index contributed by atoms with van der Waals surface area (Å²) in [5.41, 5.74) is 9.85. The molecule has 28 nitrogen and oxygen atoms in total. The van der Waals surface area contributed by atoms with E-state index in [2.05, 4.69) is 24.7 Å².